The summed E-state index contributed by atoms with van der Waals surface area (Å²) in [5.41, 5.74) is -0.846. The standard InChI is InChI=1S/C13H13Cl2N3O3.C12H9Cl2NO3/c1-7(2)16-12(20)17-6-11(19)18(13(17)21)10-4-8(14)3-9(15)5-10;1-3-12(2)10(16)15(11(17)18-12)9-5-7(13)4-8(14)6-9/h3-5,7H,6H2,1-2H3,(H,16,20);3-6H,1H2,2H3. The van der Waals surface area contributed by atoms with Gasteiger partial charge in [0.15, 0.2) is 0 Å². The van der Waals surface area contributed by atoms with Gasteiger partial charge in [0.2, 0.25) is 5.60 Å². The fourth-order valence-corrected chi connectivity index (χ4v) is 4.53. The van der Waals surface area contributed by atoms with E-state index in [4.69, 9.17) is 51.1 Å². The highest BCUT2D eigenvalue weighted by molar-refractivity contribution is 6.36. The molecular weight excluding hydrogens is 594 g/mol. The third-order valence-electron chi connectivity index (χ3n) is 5.33. The highest BCUT2D eigenvalue weighted by Gasteiger charge is 2.49. The van der Waals surface area contributed by atoms with Gasteiger partial charge in [-0.15, -0.1) is 0 Å². The lowest BCUT2D eigenvalue weighted by atomic mass is 10.1. The van der Waals surface area contributed by atoms with Crippen LogP contribution in [-0.2, 0) is 14.3 Å². The number of halogens is 4. The predicted octanol–water partition coefficient (Wildman–Crippen LogP) is 6.30. The summed E-state index contributed by atoms with van der Waals surface area (Å²) in [6.45, 7) is 8.15. The quantitative estimate of drug-likeness (QED) is 0.319. The Morgan fingerprint density at radius 1 is 0.923 bits per heavy atom. The molecule has 2 aliphatic rings. The number of nitrogens with one attached hydrogen (secondary N) is 1. The predicted molar refractivity (Wildman–Crippen MR) is 149 cm³/mol. The van der Waals surface area contributed by atoms with Crippen molar-refractivity contribution < 1.29 is 28.7 Å². The lowest BCUT2D eigenvalue weighted by Crippen LogP contribution is -2.45. The number of amides is 7. The van der Waals surface area contributed by atoms with E-state index in [9.17, 15) is 24.0 Å². The third-order valence-corrected chi connectivity index (χ3v) is 6.21. The molecule has 2 heterocycles. The number of rotatable bonds is 4. The number of urea groups is 2. The van der Waals surface area contributed by atoms with Gasteiger partial charge in [-0.1, -0.05) is 53.0 Å². The number of cyclic esters (lactones) is 1. The molecule has 0 saturated carbocycles. The molecule has 0 bridgehead atoms. The van der Waals surface area contributed by atoms with Gasteiger partial charge in [-0.25, -0.2) is 29.1 Å². The lowest BCUT2D eigenvalue weighted by Gasteiger charge is -2.18. The molecule has 1 unspecified atom stereocenters. The van der Waals surface area contributed by atoms with E-state index in [1.54, 1.807) is 13.8 Å². The van der Waals surface area contributed by atoms with Gasteiger partial charge in [0.05, 0.1) is 11.4 Å². The van der Waals surface area contributed by atoms with Crippen molar-refractivity contribution in [3.8, 4) is 0 Å². The minimum absolute atomic E-state index is 0.143. The van der Waals surface area contributed by atoms with Gasteiger partial charge >= 0.3 is 18.2 Å². The van der Waals surface area contributed by atoms with Crippen molar-refractivity contribution in [2.24, 2.45) is 0 Å². The van der Waals surface area contributed by atoms with E-state index < -0.39 is 35.6 Å². The van der Waals surface area contributed by atoms with Crippen LogP contribution in [0.25, 0.3) is 0 Å². The number of nitrogens with zero attached hydrogens (tertiary/aromatic N) is 3. The molecule has 2 saturated heterocycles. The zero-order valence-electron chi connectivity index (χ0n) is 20.8. The molecule has 2 aliphatic heterocycles. The van der Waals surface area contributed by atoms with E-state index in [1.165, 1.54) is 49.4 Å². The first-order valence-corrected chi connectivity index (χ1v) is 12.8. The third kappa shape index (κ3) is 6.65. The van der Waals surface area contributed by atoms with Crippen LogP contribution in [0.4, 0.5) is 25.8 Å². The summed E-state index contributed by atoms with van der Waals surface area (Å²) in [4.78, 5) is 62.6. The number of hydrogen-bond acceptors (Lipinski definition) is 6. The average Bonchev–Trinajstić information content (AvgIpc) is 3.23. The molecular formula is C25H22Cl4N4O6. The molecule has 206 valence electrons. The molecule has 4 rings (SSSR count). The number of imide groups is 3. The fraction of sp³-hybridized carbons (Fsp3) is 0.240. The minimum Gasteiger partial charge on any atom is -0.428 e. The van der Waals surface area contributed by atoms with Crippen molar-refractivity contribution in [1.29, 1.82) is 0 Å². The van der Waals surface area contributed by atoms with Gasteiger partial charge in [0, 0.05) is 26.1 Å². The van der Waals surface area contributed by atoms with E-state index in [0.717, 1.165) is 14.7 Å². The van der Waals surface area contributed by atoms with Gasteiger partial charge in [-0.05, 0) is 63.2 Å². The Morgan fingerprint density at radius 3 is 1.79 bits per heavy atom. The Balaban J connectivity index is 0.000000218. The van der Waals surface area contributed by atoms with Crippen LogP contribution >= 0.6 is 46.4 Å². The topological polar surface area (TPSA) is 116 Å². The maximum absolute atomic E-state index is 12.2. The van der Waals surface area contributed by atoms with Crippen LogP contribution < -0.4 is 15.1 Å². The summed E-state index contributed by atoms with van der Waals surface area (Å²) in [5.74, 6) is -1.04. The van der Waals surface area contributed by atoms with E-state index in [1.807, 2.05) is 0 Å². The molecule has 0 aliphatic carbocycles. The number of carbonyl (C=O) groups is 5. The van der Waals surface area contributed by atoms with E-state index in [-0.39, 0.29) is 24.0 Å². The van der Waals surface area contributed by atoms with Crippen LogP contribution in [0.3, 0.4) is 0 Å². The Morgan fingerprint density at radius 2 is 1.38 bits per heavy atom. The van der Waals surface area contributed by atoms with Crippen molar-refractivity contribution in [3.63, 3.8) is 0 Å². The first-order valence-electron chi connectivity index (χ1n) is 11.2. The second kappa shape index (κ2) is 11.8. The summed E-state index contributed by atoms with van der Waals surface area (Å²) in [6, 6.07) is 7.31. The number of hydrogen-bond donors (Lipinski definition) is 1. The van der Waals surface area contributed by atoms with Gasteiger partial charge in [0.1, 0.15) is 6.54 Å². The molecule has 7 amide bonds. The van der Waals surface area contributed by atoms with Crippen LogP contribution in [0, 0.1) is 0 Å². The van der Waals surface area contributed by atoms with Gasteiger partial charge in [0.25, 0.3) is 11.8 Å². The number of anilines is 2. The van der Waals surface area contributed by atoms with Gasteiger partial charge < -0.3 is 10.1 Å². The molecule has 0 aromatic heterocycles. The molecule has 2 aromatic carbocycles. The zero-order valence-corrected chi connectivity index (χ0v) is 23.9. The Hall–Kier alpha value is -3.31. The lowest BCUT2D eigenvalue weighted by molar-refractivity contribution is -0.125. The Bertz CT molecular complexity index is 1340. The summed E-state index contributed by atoms with van der Waals surface area (Å²) >= 11 is 23.4. The Kier molecular flexibility index (Phi) is 9.17. The molecule has 0 spiro atoms. The van der Waals surface area contributed by atoms with Crippen molar-refractivity contribution in [2.45, 2.75) is 32.4 Å². The average molecular weight is 616 g/mol. The second-order valence-corrected chi connectivity index (χ2v) is 10.5. The number of carbonyl (C=O) groups excluding carboxylic acids is 5. The van der Waals surface area contributed by atoms with Crippen molar-refractivity contribution in [2.75, 3.05) is 16.3 Å². The summed E-state index contributed by atoms with van der Waals surface area (Å²) in [7, 11) is 0. The van der Waals surface area contributed by atoms with Gasteiger partial charge in [-0.3, -0.25) is 9.59 Å². The SMILES string of the molecule is C=CC1(C)OC(=O)N(c2cc(Cl)cc(Cl)c2)C1=O.CC(C)NC(=O)N1CC(=O)N(c2cc(Cl)cc(Cl)c2)C1=O. The Labute approximate surface area is 244 Å². The van der Waals surface area contributed by atoms with Crippen molar-refractivity contribution in [3.05, 3.63) is 69.1 Å². The molecule has 1 N–H and O–H groups in total. The van der Waals surface area contributed by atoms with Crippen LogP contribution in [0.1, 0.15) is 20.8 Å². The second-order valence-electron chi connectivity index (χ2n) is 8.78. The van der Waals surface area contributed by atoms with Crippen LogP contribution in [-0.4, -0.2) is 53.1 Å². The fourth-order valence-electron chi connectivity index (χ4n) is 3.50. The normalized spacial score (nSPS) is 18.8. The number of benzene rings is 2. The van der Waals surface area contributed by atoms with Gasteiger partial charge in [-0.2, -0.15) is 0 Å². The summed E-state index contributed by atoms with van der Waals surface area (Å²) in [6.07, 6.45) is 0.500. The maximum Gasteiger partial charge on any atom is 0.422 e. The largest absolute Gasteiger partial charge is 0.428 e. The zero-order chi connectivity index (χ0) is 29.2. The monoisotopic (exact) mass is 614 g/mol. The molecule has 2 fully saturated rings. The first kappa shape index (κ1) is 30.2. The molecule has 0 radical (unpaired) electrons. The number of ether oxygens (including phenoxy) is 1. The van der Waals surface area contributed by atoms with Crippen LogP contribution in [0.15, 0.2) is 49.1 Å². The van der Waals surface area contributed by atoms with E-state index >= 15 is 0 Å². The highest BCUT2D eigenvalue weighted by Crippen LogP contribution is 2.33. The van der Waals surface area contributed by atoms with Crippen molar-refractivity contribution in [1.82, 2.24) is 10.2 Å². The molecule has 10 nitrogen and oxygen atoms in total. The first-order chi connectivity index (χ1) is 18.2. The van der Waals surface area contributed by atoms with Crippen molar-refractivity contribution >= 4 is 87.7 Å². The summed E-state index contributed by atoms with van der Waals surface area (Å²) < 4.78 is 4.99. The van der Waals surface area contributed by atoms with E-state index in [2.05, 4.69) is 11.9 Å². The van der Waals surface area contributed by atoms with Crippen LogP contribution in [0.5, 0.6) is 0 Å². The smallest absolute Gasteiger partial charge is 0.422 e. The molecule has 1 atom stereocenters. The highest BCUT2D eigenvalue weighted by atomic mass is 35.5. The molecule has 2 aromatic rings. The van der Waals surface area contributed by atoms with E-state index in [0.29, 0.717) is 20.1 Å². The maximum atomic E-state index is 12.2. The summed E-state index contributed by atoms with van der Waals surface area (Å²) in [5, 5.41) is 3.80. The molecule has 39 heavy (non-hydrogen) atoms. The van der Waals surface area contributed by atoms with Crippen LogP contribution in [0.2, 0.25) is 20.1 Å². The minimum atomic E-state index is -1.36. The molecule has 14 heteroatoms.